The minimum Gasteiger partial charge on any atom is -0.462 e. The molecule has 0 aliphatic carbocycles. The van der Waals surface area contributed by atoms with Crippen molar-refractivity contribution in [3.05, 3.63) is 64.7 Å². The number of amides is 3. The van der Waals surface area contributed by atoms with Crippen molar-refractivity contribution >= 4 is 46.9 Å². The second-order valence-electron chi connectivity index (χ2n) is 7.79. The molecule has 0 bridgehead atoms. The van der Waals surface area contributed by atoms with Gasteiger partial charge in [-0.3, -0.25) is 30.0 Å². The number of rotatable bonds is 10. The zero-order chi connectivity index (χ0) is 25.8. The summed E-state index contributed by atoms with van der Waals surface area (Å²) in [4.78, 5) is 59.4. The van der Waals surface area contributed by atoms with Crippen molar-refractivity contribution in [2.75, 3.05) is 18.5 Å². The molecule has 3 amide bonds. The summed E-state index contributed by atoms with van der Waals surface area (Å²) < 4.78 is 9.97. The minimum atomic E-state index is -0.762. The first-order valence-corrected chi connectivity index (χ1v) is 11.1. The number of nitrogens with one attached hydrogen (secondary N) is 3. The summed E-state index contributed by atoms with van der Waals surface area (Å²) in [5, 5.41) is 2.99. The average molecular weight is 504 g/mol. The van der Waals surface area contributed by atoms with E-state index in [4.69, 9.17) is 21.1 Å². The summed E-state index contributed by atoms with van der Waals surface area (Å²) in [5.41, 5.74) is 5.44. The highest BCUT2D eigenvalue weighted by Crippen LogP contribution is 2.11. The highest BCUT2D eigenvalue weighted by atomic mass is 35.5. The van der Waals surface area contributed by atoms with Gasteiger partial charge in [0.25, 0.3) is 11.8 Å². The Balaban J connectivity index is 1.65. The lowest BCUT2D eigenvalue weighted by atomic mass is 10.2. The van der Waals surface area contributed by atoms with Gasteiger partial charge in [-0.1, -0.05) is 25.4 Å². The number of carbonyl (C=O) groups is 5. The van der Waals surface area contributed by atoms with Crippen molar-refractivity contribution in [2.24, 2.45) is 5.92 Å². The van der Waals surface area contributed by atoms with E-state index in [9.17, 15) is 24.0 Å². The summed E-state index contributed by atoms with van der Waals surface area (Å²) in [6.07, 6.45) is -0.543. The largest absolute Gasteiger partial charge is 0.462 e. The van der Waals surface area contributed by atoms with Crippen LogP contribution in [0.1, 0.15) is 47.4 Å². The number of ether oxygens (including phenoxy) is 2. The highest BCUT2D eigenvalue weighted by Gasteiger charge is 2.13. The molecule has 0 aliphatic rings. The van der Waals surface area contributed by atoms with Crippen LogP contribution in [-0.2, 0) is 23.9 Å². The number of hydrogen-bond donors (Lipinski definition) is 3. The molecule has 0 radical (unpaired) electrons. The van der Waals surface area contributed by atoms with Crippen LogP contribution in [0, 0.1) is 5.92 Å². The molecule has 0 heterocycles. The molecule has 35 heavy (non-hydrogen) atoms. The molecule has 0 unspecified atom stereocenters. The molecule has 2 aromatic rings. The second-order valence-corrected chi connectivity index (χ2v) is 8.22. The Kier molecular flexibility index (Phi) is 10.7. The Morgan fingerprint density at radius 2 is 1.43 bits per heavy atom. The second kappa shape index (κ2) is 13.7. The van der Waals surface area contributed by atoms with E-state index in [1.165, 1.54) is 48.5 Å². The van der Waals surface area contributed by atoms with E-state index in [-0.39, 0.29) is 18.8 Å². The van der Waals surface area contributed by atoms with Gasteiger partial charge in [0.15, 0.2) is 6.61 Å². The van der Waals surface area contributed by atoms with Gasteiger partial charge in [-0.2, -0.15) is 0 Å². The number of hydrogen-bond acceptors (Lipinski definition) is 7. The zero-order valence-corrected chi connectivity index (χ0v) is 20.0. The Morgan fingerprint density at radius 1 is 0.800 bits per heavy atom. The van der Waals surface area contributed by atoms with Crippen LogP contribution in [0.25, 0.3) is 0 Å². The standard InChI is InChI=1S/C24H26ClN3O7/c1-15(2)13-35-24(33)17-5-9-19(10-6-17)26-21(30)14-34-22(31)12-11-20(29)27-28-23(32)16-3-7-18(25)8-4-16/h3-10,15H,11-14H2,1-2H3,(H,26,30)(H,27,29)(H,28,32). The third kappa shape index (κ3) is 10.3. The third-order valence-electron chi connectivity index (χ3n) is 4.29. The Hall–Kier alpha value is -3.92. The molecule has 2 rings (SSSR count). The van der Waals surface area contributed by atoms with Crippen LogP contribution in [-0.4, -0.2) is 42.9 Å². The maximum Gasteiger partial charge on any atom is 0.338 e. The van der Waals surface area contributed by atoms with Gasteiger partial charge in [-0.05, 0) is 54.4 Å². The Morgan fingerprint density at radius 3 is 2.06 bits per heavy atom. The summed E-state index contributed by atoms with van der Waals surface area (Å²) in [5.74, 6) is -2.75. The molecular weight excluding hydrogens is 478 g/mol. The molecule has 0 fully saturated rings. The lowest BCUT2D eigenvalue weighted by Crippen LogP contribution is -2.41. The summed E-state index contributed by atoms with van der Waals surface area (Å²) in [7, 11) is 0. The van der Waals surface area contributed by atoms with Gasteiger partial charge in [0.05, 0.1) is 18.6 Å². The van der Waals surface area contributed by atoms with Crippen LogP contribution in [0.2, 0.25) is 5.02 Å². The number of halogens is 1. The number of anilines is 1. The fourth-order valence-corrected chi connectivity index (χ4v) is 2.63. The predicted octanol–water partition coefficient (Wildman–Crippen LogP) is 2.88. The van der Waals surface area contributed by atoms with Crippen molar-refractivity contribution in [2.45, 2.75) is 26.7 Å². The van der Waals surface area contributed by atoms with Crippen molar-refractivity contribution in [3.63, 3.8) is 0 Å². The van der Waals surface area contributed by atoms with Gasteiger partial charge >= 0.3 is 11.9 Å². The van der Waals surface area contributed by atoms with Gasteiger partial charge in [-0.25, -0.2) is 4.79 Å². The molecule has 2 aromatic carbocycles. The van der Waals surface area contributed by atoms with E-state index in [1.54, 1.807) is 0 Å². The summed E-state index contributed by atoms with van der Waals surface area (Å²) in [6, 6.07) is 12.1. The first kappa shape index (κ1) is 27.3. The first-order chi connectivity index (χ1) is 16.6. The third-order valence-corrected chi connectivity index (χ3v) is 4.55. The smallest absolute Gasteiger partial charge is 0.338 e. The maximum absolute atomic E-state index is 12.0. The van der Waals surface area contributed by atoms with Crippen LogP contribution in [0.4, 0.5) is 5.69 Å². The molecule has 3 N–H and O–H groups in total. The molecule has 10 nitrogen and oxygen atoms in total. The van der Waals surface area contributed by atoms with Crippen molar-refractivity contribution in [1.82, 2.24) is 10.9 Å². The monoisotopic (exact) mass is 503 g/mol. The van der Waals surface area contributed by atoms with Crippen molar-refractivity contribution in [1.29, 1.82) is 0 Å². The highest BCUT2D eigenvalue weighted by molar-refractivity contribution is 6.30. The lowest BCUT2D eigenvalue weighted by Gasteiger charge is -2.09. The van der Waals surface area contributed by atoms with Crippen LogP contribution >= 0.6 is 11.6 Å². The lowest BCUT2D eigenvalue weighted by molar-refractivity contribution is -0.148. The van der Waals surface area contributed by atoms with Gasteiger partial charge in [0.1, 0.15) is 0 Å². The zero-order valence-electron chi connectivity index (χ0n) is 19.3. The van der Waals surface area contributed by atoms with E-state index in [0.29, 0.717) is 28.4 Å². The Labute approximate surface area is 207 Å². The topological polar surface area (TPSA) is 140 Å². The minimum absolute atomic E-state index is 0.218. The Bertz CT molecular complexity index is 1050. The first-order valence-electron chi connectivity index (χ1n) is 10.7. The summed E-state index contributed by atoms with van der Waals surface area (Å²) >= 11 is 5.75. The molecule has 0 aromatic heterocycles. The van der Waals surface area contributed by atoms with Gasteiger partial charge < -0.3 is 14.8 Å². The van der Waals surface area contributed by atoms with E-state index >= 15 is 0 Å². The number of benzene rings is 2. The van der Waals surface area contributed by atoms with Gasteiger partial charge in [0, 0.05) is 22.7 Å². The van der Waals surface area contributed by atoms with Crippen LogP contribution in [0.15, 0.2) is 48.5 Å². The van der Waals surface area contributed by atoms with Crippen molar-refractivity contribution in [3.8, 4) is 0 Å². The average Bonchev–Trinajstić information content (AvgIpc) is 2.84. The van der Waals surface area contributed by atoms with Crippen LogP contribution < -0.4 is 16.2 Å². The van der Waals surface area contributed by atoms with Gasteiger partial charge in [0.2, 0.25) is 5.91 Å². The molecule has 0 saturated heterocycles. The number of carbonyl (C=O) groups excluding carboxylic acids is 5. The molecular formula is C24H26ClN3O7. The fraction of sp³-hybridized carbons (Fsp3) is 0.292. The molecule has 0 aliphatic heterocycles. The molecule has 11 heteroatoms. The number of esters is 2. The predicted molar refractivity (Wildman–Crippen MR) is 127 cm³/mol. The van der Waals surface area contributed by atoms with Gasteiger partial charge in [-0.15, -0.1) is 0 Å². The van der Waals surface area contributed by atoms with E-state index in [0.717, 1.165) is 0 Å². The maximum atomic E-state index is 12.0. The van der Waals surface area contributed by atoms with Crippen LogP contribution in [0.3, 0.4) is 0 Å². The van der Waals surface area contributed by atoms with Crippen molar-refractivity contribution < 1.29 is 33.4 Å². The molecule has 0 atom stereocenters. The SMILES string of the molecule is CC(C)COC(=O)c1ccc(NC(=O)COC(=O)CCC(=O)NNC(=O)c2ccc(Cl)cc2)cc1. The van der Waals surface area contributed by atoms with E-state index < -0.39 is 36.3 Å². The molecule has 0 spiro atoms. The number of hydrazine groups is 1. The molecule has 186 valence electrons. The van der Waals surface area contributed by atoms with E-state index in [2.05, 4.69) is 16.2 Å². The quantitative estimate of drug-likeness (QED) is 0.334. The van der Waals surface area contributed by atoms with Crippen LogP contribution in [0.5, 0.6) is 0 Å². The fourth-order valence-electron chi connectivity index (χ4n) is 2.51. The molecule has 0 saturated carbocycles. The normalized spacial score (nSPS) is 10.3. The summed E-state index contributed by atoms with van der Waals surface area (Å²) in [6.45, 7) is 3.61. The van der Waals surface area contributed by atoms with E-state index in [1.807, 2.05) is 13.8 Å².